The quantitative estimate of drug-likeness (QED) is 0.542. The van der Waals surface area contributed by atoms with Crippen LogP contribution in [0.15, 0.2) is 54.7 Å². The number of aromatic nitrogens is 4. The Bertz CT molecular complexity index is 1070. The molecular formula is C22H23N5O. The van der Waals surface area contributed by atoms with Crippen molar-refractivity contribution in [2.45, 2.75) is 26.7 Å². The largest absolute Gasteiger partial charge is 0.351 e. The SMILES string of the molecule is CCc1c(C(=O)NCCc2nc3ccccc3[nH]2)cnn1-c1ccc(C)cc1. The van der Waals surface area contributed by atoms with E-state index in [1.807, 2.05) is 60.1 Å². The van der Waals surface area contributed by atoms with Crippen molar-refractivity contribution >= 4 is 16.9 Å². The van der Waals surface area contributed by atoms with E-state index in [1.54, 1.807) is 6.20 Å². The molecular weight excluding hydrogens is 350 g/mol. The third-order valence-electron chi connectivity index (χ3n) is 4.81. The standard InChI is InChI=1S/C22H23N5O/c1-3-20-17(14-24-27(20)16-10-8-15(2)9-11-16)22(28)23-13-12-21-25-18-6-4-5-7-19(18)26-21/h4-11,14H,3,12-13H2,1-2H3,(H,23,28)(H,25,26). The van der Waals surface area contributed by atoms with Crippen LogP contribution in [-0.4, -0.2) is 32.2 Å². The summed E-state index contributed by atoms with van der Waals surface area (Å²) >= 11 is 0. The van der Waals surface area contributed by atoms with Crippen molar-refractivity contribution < 1.29 is 4.79 Å². The van der Waals surface area contributed by atoms with Crippen LogP contribution in [0.3, 0.4) is 0 Å². The van der Waals surface area contributed by atoms with Gasteiger partial charge in [0.1, 0.15) is 5.82 Å². The highest BCUT2D eigenvalue weighted by molar-refractivity contribution is 5.95. The number of carbonyl (C=O) groups excluding carboxylic acids is 1. The maximum absolute atomic E-state index is 12.7. The fraction of sp³-hybridized carbons (Fsp3) is 0.227. The van der Waals surface area contributed by atoms with Crippen LogP contribution in [0.1, 0.15) is 34.4 Å². The predicted octanol–water partition coefficient (Wildman–Crippen LogP) is 3.59. The van der Waals surface area contributed by atoms with E-state index < -0.39 is 0 Å². The number of carbonyl (C=O) groups is 1. The lowest BCUT2D eigenvalue weighted by atomic mass is 10.1. The Kier molecular flexibility index (Phi) is 4.93. The lowest BCUT2D eigenvalue weighted by Crippen LogP contribution is -2.26. The molecule has 2 aromatic carbocycles. The molecule has 4 aromatic rings. The highest BCUT2D eigenvalue weighted by Gasteiger charge is 2.17. The summed E-state index contributed by atoms with van der Waals surface area (Å²) in [7, 11) is 0. The van der Waals surface area contributed by atoms with Crippen LogP contribution in [0.5, 0.6) is 0 Å². The highest BCUT2D eigenvalue weighted by atomic mass is 16.1. The number of nitrogens with zero attached hydrogens (tertiary/aromatic N) is 3. The average Bonchev–Trinajstić information content (AvgIpc) is 3.32. The molecule has 2 aromatic heterocycles. The van der Waals surface area contributed by atoms with Crippen molar-refractivity contribution in [2.24, 2.45) is 0 Å². The van der Waals surface area contributed by atoms with Crippen molar-refractivity contribution in [3.05, 3.63) is 77.4 Å². The number of nitrogens with one attached hydrogen (secondary N) is 2. The van der Waals surface area contributed by atoms with E-state index in [-0.39, 0.29) is 5.91 Å². The van der Waals surface area contributed by atoms with Crippen LogP contribution >= 0.6 is 0 Å². The summed E-state index contributed by atoms with van der Waals surface area (Å²) in [6.45, 7) is 4.60. The summed E-state index contributed by atoms with van der Waals surface area (Å²) < 4.78 is 1.84. The maximum Gasteiger partial charge on any atom is 0.254 e. The Morgan fingerprint density at radius 2 is 1.93 bits per heavy atom. The zero-order valence-electron chi connectivity index (χ0n) is 16.1. The second-order valence-electron chi connectivity index (χ2n) is 6.81. The van der Waals surface area contributed by atoms with Gasteiger partial charge in [0.05, 0.1) is 34.2 Å². The average molecular weight is 373 g/mol. The van der Waals surface area contributed by atoms with Crippen LogP contribution in [0.4, 0.5) is 0 Å². The van der Waals surface area contributed by atoms with Gasteiger partial charge in [-0.2, -0.15) is 5.10 Å². The van der Waals surface area contributed by atoms with Gasteiger partial charge in [-0.15, -0.1) is 0 Å². The van der Waals surface area contributed by atoms with Crippen LogP contribution in [0.2, 0.25) is 0 Å². The minimum Gasteiger partial charge on any atom is -0.351 e. The predicted molar refractivity (Wildman–Crippen MR) is 110 cm³/mol. The maximum atomic E-state index is 12.7. The third-order valence-corrected chi connectivity index (χ3v) is 4.81. The monoisotopic (exact) mass is 373 g/mol. The number of para-hydroxylation sites is 2. The summed E-state index contributed by atoms with van der Waals surface area (Å²) in [5.74, 6) is 0.763. The zero-order chi connectivity index (χ0) is 19.5. The number of aryl methyl sites for hydroxylation is 1. The van der Waals surface area contributed by atoms with Gasteiger partial charge in [0.15, 0.2) is 0 Å². The molecule has 142 valence electrons. The molecule has 2 heterocycles. The number of imidazole rings is 1. The molecule has 0 aliphatic rings. The normalized spacial score (nSPS) is 11.1. The summed E-state index contributed by atoms with van der Waals surface area (Å²) in [5, 5.41) is 7.43. The van der Waals surface area contributed by atoms with Crippen molar-refractivity contribution in [3.63, 3.8) is 0 Å². The number of hydrogen-bond donors (Lipinski definition) is 2. The molecule has 0 spiro atoms. The molecule has 0 aliphatic heterocycles. The van der Waals surface area contributed by atoms with E-state index in [9.17, 15) is 4.79 Å². The van der Waals surface area contributed by atoms with E-state index in [0.29, 0.717) is 18.5 Å². The molecule has 0 aliphatic carbocycles. The lowest BCUT2D eigenvalue weighted by Gasteiger charge is -2.08. The summed E-state index contributed by atoms with van der Waals surface area (Å²) in [5.41, 5.74) is 5.63. The first kappa shape index (κ1) is 18.0. The zero-order valence-corrected chi connectivity index (χ0v) is 16.1. The number of rotatable bonds is 6. The number of hydrogen-bond acceptors (Lipinski definition) is 3. The molecule has 0 saturated heterocycles. The summed E-state index contributed by atoms with van der Waals surface area (Å²) in [6, 6.07) is 16.0. The molecule has 0 saturated carbocycles. The Labute approximate surface area is 163 Å². The van der Waals surface area contributed by atoms with E-state index in [0.717, 1.165) is 34.7 Å². The summed E-state index contributed by atoms with van der Waals surface area (Å²) in [6.07, 6.45) is 3.02. The van der Waals surface area contributed by atoms with Crippen LogP contribution in [0, 0.1) is 6.92 Å². The molecule has 0 fully saturated rings. The van der Waals surface area contributed by atoms with Gasteiger partial charge in [0, 0.05) is 13.0 Å². The van der Waals surface area contributed by atoms with Crippen molar-refractivity contribution in [1.82, 2.24) is 25.1 Å². The number of amides is 1. The highest BCUT2D eigenvalue weighted by Crippen LogP contribution is 2.16. The third kappa shape index (κ3) is 3.53. The number of benzene rings is 2. The van der Waals surface area contributed by atoms with Gasteiger partial charge in [-0.25, -0.2) is 9.67 Å². The number of aromatic amines is 1. The summed E-state index contributed by atoms with van der Waals surface area (Å²) in [4.78, 5) is 20.5. The van der Waals surface area contributed by atoms with E-state index >= 15 is 0 Å². The molecule has 0 unspecified atom stereocenters. The Hall–Kier alpha value is -3.41. The topological polar surface area (TPSA) is 75.6 Å². The minimum absolute atomic E-state index is 0.105. The molecule has 0 radical (unpaired) electrons. The second-order valence-corrected chi connectivity index (χ2v) is 6.81. The smallest absolute Gasteiger partial charge is 0.254 e. The van der Waals surface area contributed by atoms with Gasteiger partial charge in [0.25, 0.3) is 5.91 Å². The van der Waals surface area contributed by atoms with Gasteiger partial charge < -0.3 is 10.3 Å². The first-order valence-electron chi connectivity index (χ1n) is 9.51. The molecule has 4 rings (SSSR count). The van der Waals surface area contributed by atoms with Crippen LogP contribution in [0.25, 0.3) is 16.7 Å². The number of fused-ring (bicyclic) bond motifs is 1. The molecule has 0 bridgehead atoms. The molecule has 0 atom stereocenters. The Morgan fingerprint density at radius 1 is 1.14 bits per heavy atom. The van der Waals surface area contributed by atoms with Gasteiger partial charge in [-0.3, -0.25) is 4.79 Å². The molecule has 6 heteroatoms. The first-order chi connectivity index (χ1) is 13.7. The second kappa shape index (κ2) is 7.68. The number of H-pyrrole nitrogens is 1. The van der Waals surface area contributed by atoms with Crippen molar-refractivity contribution in [3.8, 4) is 5.69 Å². The Morgan fingerprint density at radius 3 is 2.68 bits per heavy atom. The van der Waals surface area contributed by atoms with Crippen LogP contribution in [-0.2, 0) is 12.8 Å². The van der Waals surface area contributed by atoms with Gasteiger partial charge in [-0.1, -0.05) is 36.8 Å². The molecule has 1 amide bonds. The van der Waals surface area contributed by atoms with Gasteiger partial charge >= 0.3 is 0 Å². The minimum atomic E-state index is -0.105. The van der Waals surface area contributed by atoms with Crippen molar-refractivity contribution in [1.29, 1.82) is 0 Å². The molecule has 2 N–H and O–H groups in total. The van der Waals surface area contributed by atoms with Gasteiger partial charge in [-0.05, 0) is 37.6 Å². The fourth-order valence-corrected chi connectivity index (χ4v) is 3.33. The molecule has 28 heavy (non-hydrogen) atoms. The van der Waals surface area contributed by atoms with E-state index in [2.05, 4.69) is 27.3 Å². The van der Waals surface area contributed by atoms with E-state index in [4.69, 9.17) is 0 Å². The fourth-order valence-electron chi connectivity index (χ4n) is 3.33. The Balaban J connectivity index is 1.45. The van der Waals surface area contributed by atoms with Crippen molar-refractivity contribution in [2.75, 3.05) is 6.54 Å². The van der Waals surface area contributed by atoms with Crippen LogP contribution < -0.4 is 5.32 Å². The first-order valence-corrected chi connectivity index (χ1v) is 9.51. The lowest BCUT2D eigenvalue weighted by molar-refractivity contribution is 0.0953. The van der Waals surface area contributed by atoms with E-state index in [1.165, 1.54) is 5.56 Å². The molecule has 6 nitrogen and oxygen atoms in total. The van der Waals surface area contributed by atoms with Gasteiger partial charge in [0.2, 0.25) is 0 Å².